The minimum Gasteiger partial charge on any atom is -0.336 e. The van der Waals surface area contributed by atoms with Crippen molar-refractivity contribution in [2.45, 2.75) is 0 Å². The number of halogens is 2. The molecule has 1 N–H and O–H groups in total. The Morgan fingerprint density at radius 1 is 1.00 bits per heavy atom. The Hall–Kier alpha value is -1.88. The molecule has 0 fully saturated rings. The molecule has 2 aromatic carbocycles. The Balaban J connectivity index is 1.77. The van der Waals surface area contributed by atoms with Crippen LogP contribution in [0.4, 0.5) is 0 Å². The summed E-state index contributed by atoms with van der Waals surface area (Å²) in [6.07, 6.45) is 0. The highest BCUT2D eigenvalue weighted by Crippen LogP contribution is 2.33. The van der Waals surface area contributed by atoms with Gasteiger partial charge in [0.1, 0.15) is 0 Å². The maximum absolute atomic E-state index is 6.24. The van der Waals surface area contributed by atoms with Gasteiger partial charge in [-0.2, -0.15) is 0 Å². The molecule has 2 heterocycles. The molecule has 3 nitrogen and oxygen atoms in total. The van der Waals surface area contributed by atoms with Gasteiger partial charge in [-0.3, -0.25) is 0 Å². The summed E-state index contributed by atoms with van der Waals surface area (Å²) in [4.78, 5) is 12.5. The summed E-state index contributed by atoms with van der Waals surface area (Å²) in [5.74, 6) is 0.766. The number of nitrogens with zero attached hydrogens (tertiary/aromatic N) is 2. The number of aromatic amines is 1. The van der Waals surface area contributed by atoms with Gasteiger partial charge in [-0.25, -0.2) is 9.97 Å². The maximum Gasteiger partial charge on any atom is 0.167 e. The van der Waals surface area contributed by atoms with Gasteiger partial charge in [0.25, 0.3) is 0 Å². The number of imidazole rings is 1. The van der Waals surface area contributed by atoms with E-state index in [0.29, 0.717) is 10.0 Å². The summed E-state index contributed by atoms with van der Waals surface area (Å²) >= 11 is 13.7. The van der Waals surface area contributed by atoms with Crippen LogP contribution in [-0.4, -0.2) is 15.0 Å². The van der Waals surface area contributed by atoms with Gasteiger partial charge in [0, 0.05) is 16.0 Å². The average Bonchev–Trinajstić information content (AvgIpc) is 3.13. The zero-order valence-corrected chi connectivity index (χ0v) is 13.5. The van der Waals surface area contributed by atoms with E-state index in [4.69, 9.17) is 23.2 Å². The molecular weight excluding hydrogens is 337 g/mol. The van der Waals surface area contributed by atoms with Crippen LogP contribution in [-0.2, 0) is 0 Å². The number of benzene rings is 2. The van der Waals surface area contributed by atoms with Crippen molar-refractivity contribution in [1.29, 1.82) is 0 Å². The SMILES string of the molecule is Clc1ccc(-c2csc(-c3nc4ccccc4[nH]3)n2)c(Cl)c1. The zero-order chi connectivity index (χ0) is 15.1. The number of H-pyrrole nitrogens is 1. The van der Waals surface area contributed by atoms with Crippen LogP contribution in [0.3, 0.4) is 0 Å². The monoisotopic (exact) mass is 345 g/mol. The first-order valence-corrected chi connectivity index (χ1v) is 8.20. The lowest BCUT2D eigenvalue weighted by Crippen LogP contribution is -1.82. The fourth-order valence-electron chi connectivity index (χ4n) is 2.26. The molecule has 0 saturated carbocycles. The van der Waals surface area contributed by atoms with Gasteiger partial charge in [0.15, 0.2) is 10.8 Å². The summed E-state index contributed by atoms with van der Waals surface area (Å²) in [6.45, 7) is 0. The van der Waals surface area contributed by atoms with Crippen LogP contribution in [0.25, 0.3) is 33.1 Å². The fraction of sp³-hybridized carbons (Fsp3) is 0. The summed E-state index contributed by atoms with van der Waals surface area (Å²) in [5, 5.41) is 4.00. The molecule has 0 aliphatic heterocycles. The van der Waals surface area contributed by atoms with Crippen molar-refractivity contribution in [3.8, 4) is 22.1 Å². The molecule has 0 amide bonds. The Bertz CT molecular complexity index is 941. The highest BCUT2D eigenvalue weighted by molar-refractivity contribution is 7.13. The van der Waals surface area contributed by atoms with Gasteiger partial charge in [0.05, 0.1) is 21.7 Å². The van der Waals surface area contributed by atoms with Gasteiger partial charge < -0.3 is 4.98 Å². The number of para-hydroxylation sites is 2. The van der Waals surface area contributed by atoms with Crippen LogP contribution < -0.4 is 0 Å². The first-order valence-electron chi connectivity index (χ1n) is 6.57. The molecule has 0 atom stereocenters. The van der Waals surface area contributed by atoms with Crippen molar-refractivity contribution >= 4 is 45.6 Å². The van der Waals surface area contributed by atoms with Crippen molar-refractivity contribution in [3.63, 3.8) is 0 Å². The normalized spacial score (nSPS) is 11.2. The lowest BCUT2D eigenvalue weighted by Gasteiger charge is -2.00. The minimum atomic E-state index is 0.592. The molecule has 4 rings (SSSR count). The van der Waals surface area contributed by atoms with Gasteiger partial charge in [-0.1, -0.05) is 35.3 Å². The number of nitrogens with one attached hydrogen (secondary N) is 1. The smallest absolute Gasteiger partial charge is 0.167 e. The number of thiazole rings is 1. The molecule has 22 heavy (non-hydrogen) atoms. The van der Waals surface area contributed by atoms with E-state index in [1.807, 2.05) is 41.8 Å². The van der Waals surface area contributed by atoms with Crippen LogP contribution in [0.5, 0.6) is 0 Å². The molecule has 0 aliphatic carbocycles. The molecule has 0 aliphatic rings. The van der Waals surface area contributed by atoms with Gasteiger partial charge in [-0.15, -0.1) is 11.3 Å². The van der Waals surface area contributed by atoms with Crippen molar-refractivity contribution in [2.75, 3.05) is 0 Å². The summed E-state index contributed by atoms with van der Waals surface area (Å²) in [6, 6.07) is 13.3. The van der Waals surface area contributed by atoms with Gasteiger partial charge in [0.2, 0.25) is 0 Å². The summed E-state index contributed by atoms with van der Waals surface area (Å²) in [7, 11) is 0. The summed E-state index contributed by atoms with van der Waals surface area (Å²) in [5.41, 5.74) is 3.62. The second kappa shape index (κ2) is 5.39. The highest BCUT2D eigenvalue weighted by atomic mass is 35.5. The second-order valence-corrected chi connectivity index (χ2v) is 6.47. The first kappa shape index (κ1) is 13.8. The number of rotatable bonds is 2. The lowest BCUT2D eigenvalue weighted by molar-refractivity contribution is 1.29. The largest absolute Gasteiger partial charge is 0.336 e. The second-order valence-electron chi connectivity index (χ2n) is 4.76. The number of aromatic nitrogens is 3. The molecule has 0 bridgehead atoms. The highest BCUT2D eigenvalue weighted by Gasteiger charge is 2.12. The Morgan fingerprint density at radius 2 is 1.86 bits per heavy atom. The minimum absolute atomic E-state index is 0.592. The summed E-state index contributed by atoms with van der Waals surface area (Å²) < 4.78 is 0. The maximum atomic E-state index is 6.24. The Labute approximate surface area is 140 Å². The molecule has 0 saturated heterocycles. The van der Waals surface area contributed by atoms with E-state index in [-0.39, 0.29) is 0 Å². The van der Waals surface area contributed by atoms with Gasteiger partial charge in [-0.05, 0) is 30.3 Å². The topological polar surface area (TPSA) is 41.6 Å². The van der Waals surface area contributed by atoms with E-state index in [9.17, 15) is 0 Å². The van der Waals surface area contributed by atoms with E-state index in [2.05, 4.69) is 15.0 Å². The molecule has 4 aromatic rings. The molecule has 2 aromatic heterocycles. The van der Waals surface area contributed by atoms with Crippen molar-refractivity contribution in [3.05, 3.63) is 57.9 Å². The van der Waals surface area contributed by atoms with E-state index in [1.165, 1.54) is 11.3 Å². The quantitative estimate of drug-likeness (QED) is 0.509. The van der Waals surface area contributed by atoms with E-state index < -0.39 is 0 Å². The van der Waals surface area contributed by atoms with Crippen molar-refractivity contribution < 1.29 is 0 Å². The predicted molar refractivity (Wildman–Crippen MR) is 92.7 cm³/mol. The molecule has 6 heteroatoms. The van der Waals surface area contributed by atoms with Crippen LogP contribution >= 0.6 is 34.5 Å². The third-order valence-electron chi connectivity index (χ3n) is 3.30. The molecular formula is C16H9Cl2N3S. The molecule has 0 spiro atoms. The Morgan fingerprint density at radius 3 is 2.68 bits per heavy atom. The predicted octanol–water partition coefficient (Wildman–Crippen LogP) is 5.66. The van der Waals surface area contributed by atoms with Crippen LogP contribution in [0.1, 0.15) is 0 Å². The van der Waals surface area contributed by atoms with Crippen molar-refractivity contribution in [2.24, 2.45) is 0 Å². The van der Waals surface area contributed by atoms with E-state index in [1.54, 1.807) is 6.07 Å². The zero-order valence-electron chi connectivity index (χ0n) is 11.2. The number of hydrogen-bond acceptors (Lipinski definition) is 3. The number of hydrogen-bond donors (Lipinski definition) is 1. The fourth-order valence-corrected chi connectivity index (χ4v) is 3.53. The van der Waals surface area contributed by atoms with Crippen LogP contribution in [0.15, 0.2) is 47.8 Å². The lowest BCUT2D eigenvalue weighted by atomic mass is 10.2. The average molecular weight is 346 g/mol. The number of fused-ring (bicyclic) bond motifs is 1. The van der Waals surface area contributed by atoms with E-state index in [0.717, 1.165) is 33.1 Å². The van der Waals surface area contributed by atoms with E-state index >= 15 is 0 Å². The third-order valence-corrected chi connectivity index (χ3v) is 4.70. The molecule has 108 valence electrons. The Kier molecular flexibility index (Phi) is 3.37. The van der Waals surface area contributed by atoms with Crippen LogP contribution in [0, 0.1) is 0 Å². The van der Waals surface area contributed by atoms with Crippen molar-refractivity contribution in [1.82, 2.24) is 15.0 Å². The molecule has 0 radical (unpaired) electrons. The van der Waals surface area contributed by atoms with Gasteiger partial charge >= 0.3 is 0 Å². The molecule has 0 unspecified atom stereocenters. The first-order chi connectivity index (χ1) is 10.7. The third kappa shape index (κ3) is 2.39. The standard InChI is InChI=1S/C16H9Cl2N3S/c17-9-5-6-10(11(18)7-9)14-8-22-16(21-14)15-19-12-3-1-2-4-13(12)20-15/h1-8H,(H,19,20). The van der Waals surface area contributed by atoms with Crippen LogP contribution in [0.2, 0.25) is 10.0 Å².